The van der Waals surface area contributed by atoms with Crippen molar-refractivity contribution in [2.75, 3.05) is 26.8 Å². The summed E-state index contributed by atoms with van der Waals surface area (Å²) in [6.45, 7) is 2.77. The van der Waals surface area contributed by atoms with Crippen LogP contribution in [0.15, 0.2) is 53.4 Å². The smallest absolute Gasteiger partial charge is 0.257 e. The van der Waals surface area contributed by atoms with Crippen molar-refractivity contribution in [2.24, 2.45) is 0 Å². The van der Waals surface area contributed by atoms with Crippen molar-refractivity contribution < 1.29 is 22.7 Å². The summed E-state index contributed by atoms with van der Waals surface area (Å²) in [5.74, 6) is 0.987. The summed E-state index contributed by atoms with van der Waals surface area (Å²) in [5, 5.41) is 2.79. The van der Waals surface area contributed by atoms with Gasteiger partial charge >= 0.3 is 0 Å². The first kappa shape index (κ1) is 22.7. The number of hydrogen-bond donors (Lipinski definition) is 2. The Morgan fingerprint density at radius 3 is 2.24 bits per heavy atom. The first-order valence-electron chi connectivity index (χ1n) is 9.56. The van der Waals surface area contributed by atoms with Crippen molar-refractivity contribution in [2.45, 2.75) is 31.1 Å². The largest absolute Gasteiger partial charge is 0.497 e. The van der Waals surface area contributed by atoms with Crippen molar-refractivity contribution in [3.8, 4) is 11.5 Å². The maximum atomic E-state index is 12.1. The molecule has 29 heavy (non-hydrogen) atoms. The average molecular weight is 421 g/mol. The van der Waals surface area contributed by atoms with E-state index in [1.807, 2.05) is 31.2 Å². The van der Waals surface area contributed by atoms with Crippen LogP contribution in [-0.4, -0.2) is 41.1 Å². The Morgan fingerprint density at radius 1 is 0.966 bits per heavy atom. The Kier molecular flexibility index (Phi) is 8.95. The van der Waals surface area contributed by atoms with Gasteiger partial charge in [-0.25, -0.2) is 13.1 Å². The second-order valence-corrected chi connectivity index (χ2v) is 8.23. The zero-order chi connectivity index (χ0) is 21.1. The monoisotopic (exact) mass is 420 g/mol. The Hall–Kier alpha value is -2.58. The van der Waals surface area contributed by atoms with Crippen LogP contribution in [0.2, 0.25) is 0 Å². The molecule has 0 bridgehead atoms. The number of benzene rings is 2. The highest BCUT2D eigenvalue weighted by atomic mass is 32.2. The molecule has 0 heterocycles. The van der Waals surface area contributed by atoms with Gasteiger partial charge in [0.15, 0.2) is 6.61 Å². The van der Waals surface area contributed by atoms with Crippen LogP contribution in [0.25, 0.3) is 0 Å². The van der Waals surface area contributed by atoms with Gasteiger partial charge in [-0.15, -0.1) is 0 Å². The van der Waals surface area contributed by atoms with Gasteiger partial charge in [0.2, 0.25) is 10.0 Å². The van der Waals surface area contributed by atoms with Gasteiger partial charge in [-0.2, -0.15) is 0 Å². The first-order chi connectivity index (χ1) is 13.9. The Bertz CT molecular complexity index is 865. The van der Waals surface area contributed by atoms with E-state index in [4.69, 9.17) is 9.47 Å². The molecule has 158 valence electrons. The Labute approximate surface area is 172 Å². The van der Waals surface area contributed by atoms with Crippen molar-refractivity contribution in [1.29, 1.82) is 0 Å². The lowest BCUT2D eigenvalue weighted by Crippen LogP contribution is -2.30. The molecule has 0 radical (unpaired) electrons. The topological polar surface area (TPSA) is 93.7 Å². The van der Waals surface area contributed by atoms with Crippen LogP contribution in [0.3, 0.4) is 0 Å². The van der Waals surface area contributed by atoms with E-state index in [1.165, 1.54) is 12.1 Å². The Morgan fingerprint density at radius 2 is 1.62 bits per heavy atom. The Balaban J connectivity index is 1.73. The van der Waals surface area contributed by atoms with Gasteiger partial charge in [0, 0.05) is 13.1 Å². The molecular weight excluding hydrogens is 392 g/mol. The number of rotatable bonds is 12. The molecule has 0 saturated carbocycles. The molecule has 0 atom stereocenters. The van der Waals surface area contributed by atoms with Gasteiger partial charge in [0.05, 0.1) is 12.0 Å². The number of unbranched alkanes of at least 4 members (excludes halogenated alkanes) is 1. The van der Waals surface area contributed by atoms with Crippen LogP contribution in [0.4, 0.5) is 0 Å². The van der Waals surface area contributed by atoms with Crippen molar-refractivity contribution in [3.05, 3.63) is 54.1 Å². The molecule has 2 N–H and O–H groups in total. The maximum absolute atomic E-state index is 12.1. The summed E-state index contributed by atoms with van der Waals surface area (Å²) in [6, 6.07) is 13.7. The maximum Gasteiger partial charge on any atom is 0.257 e. The summed E-state index contributed by atoms with van der Waals surface area (Å²) in [6.07, 6.45) is 2.40. The summed E-state index contributed by atoms with van der Waals surface area (Å²) < 4.78 is 37.3. The molecule has 0 unspecified atom stereocenters. The molecule has 0 aromatic heterocycles. The second-order valence-electron chi connectivity index (χ2n) is 6.46. The molecule has 0 aliphatic carbocycles. The summed E-state index contributed by atoms with van der Waals surface area (Å²) in [4.78, 5) is 12.1. The van der Waals surface area contributed by atoms with Crippen LogP contribution in [-0.2, 0) is 21.2 Å². The van der Waals surface area contributed by atoms with Gasteiger partial charge in [-0.05, 0) is 54.8 Å². The highest BCUT2D eigenvalue weighted by molar-refractivity contribution is 7.89. The highest BCUT2D eigenvalue weighted by Gasteiger charge is 2.13. The number of ether oxygens (including phenoxy) is 2. The van der Waals surface area contributed by atoms with E-state index in [0.717, 1.165) is 24.2 Å². The minimum Gasteiger partial charge on any atom is -0.497 e. The fourth-order valence-electron chi connectivity index (χ4n) is 2.52. The van der Waals surface area contributed by atoms with E-state index < -0.39 is 10.0 Å². The molecule has 2 aromatic carbocycles. The average Bonchev–Trinajstić information content (AvgIpc) is 2.73. The minimum absolute atomic E-state index is 0.135. The normalized spacial score (nSPS) is 11.1. The molecule has 0 fully saturated rings. The number of methoxy groups -OCH3 is 1. The molecule has 0 aliphatic rings. The van der Waals surface area contributed by atoms with Crippen LogP contribution in [0, 0.1) is 0 Å². The van der Waals surface area contributed by atoms with Gasteiger partial charge in [-0.1, -0.05) is 25.5 Å². The molecule has 2 aromatic rings. The number of amides is 1. The molecule has 0 saturated heterocycles. The first-order valence-corrected chi connectivity index (χ1v) is 11.0. The standard InChI is InChI=1S/C21H28N2O5S/c1-3-4-14-23-29(25,26)20-11-9-19(10-12-20)28-16-21(24)22-15-13-17-5-7-18(27-2)8-6-17/h5-12,23H,3-4,13-16H2,1-2H3,(H,22,24). The predicted molar refractivity (Wildman–Crippen MR) is 112 cm³/mol. The number of nitrogens with one attached hydrogen (secondary N) is 2. The number of carbonyl (C=O) groups excluding carboxylic acids is 1. The third-order valence-electron chi connectivity index (χ3n) is 4.22. The lowest BCUT2D eigenvalue weighted by Gasteiger charge is -2.09. The van der Waals surface area contributed by atoms with E-state index in [1.54, 1.807) is 19.2 Å². The van der Waals surface area contributed by atoms with Crippen LogP contribution in [0.1, 0.15) is 25.3 Å². The van der Waals surface area contributed by atoms with Crippen LogP contribution in [0.5, 0.6) is 11.5 Å². The fraction of sp³-hybridized carbons (Fsp3) is 0.381. The fourth-order valence-corrected chi connectivity index (χ4v) is 3.59. The lowest BCUT2D eigenvalue weighted by molar-refractivity contribution is -0.123. The molecule has 0 aliphatic heterocycles. The van der Waals surface area contributed by atoms with E-state index in [0.29, 0.717) is 25.3 Å². The van der Waals surface area contributed by atoms with Gasteiger partial charge < -0.3 is 14.8 Å². The van der Waals surface area contributed by atoms with Gasteiger partial charge in [0.1, 0.15) is 11.5 Å². The summed E-state index contributed by atoms with van der Waals surface area (Å²) in [5.41, 5.74) is 1.09. The highest BCUT2D eigenvalue weighted by Crippen LogP contribution is 2.16. The predicted octanol–water partition coefficient (Wildman–Crippen LogP) is 2.51. The van der Waals surface area contributed by atoms with Crippen molar-refractivity contribution >= 4 is 15.9 Å². The van der Waals surface area contributed by atoms with E-state index >= 15 is 0 Å². The number of hydrogen-bond acceptors (Lipinski definition) is 5. The van der Waals surface area contributed by atoms with Gasteiger partial charge in [0.25, 0.3) is 5.91 Å². The molecule has 7 nitrogen and oxygen atoms in total. The molecule has 0 spiro atoms. The van der Waals surface area contributed by atoms with E-state index in [2.05, 4.69) is 10.0 Å². The summed E-state index contributed by atoms with van der Waals surface area (Å²) >= 11 is 0. The number of sulfonamides is 1. The quantitative estimate of drug-likeness (QED) is 0.515. The van der Waals surface area contributed by atoms with Gasteiger partial charge in [-0.3, -0.25) is 4.79 Å². The van der Waals surface area contributed by atoms with Crippen molar-refractivity contribution in [3.63, 3.8) is 0 Å². The molecule has 8 heteroatoms. The lowest BCUT2D eigenvalue weighted by atomic mass is 10.1. The van der Waals surface area contributed by atoms with E-state index in [9.17, 15) is 13.2 Å². The molecule has 2 rings (SSSR count). The third kappa shape index (κ3) is 7.75. The third-order valence-corrected chi connectivity index (χ3v) is 5.70. The SMILES string of the molecule is CCCCNS(=O)(=O)c1ccc(OCC(=O)NCCc2ccc(OC)cc2)cc1. The molecule has 1 amide bonds. The van der Waals surface area contributed by atoms with Crippen LogP contribution >= 0.6 is 0 Å². The van der Waals surface area contributed by atoms with Crippen molar-refractivity contribution in [1.82, 2.24) is 10.0 Å². The minimum atomic E-state index is -3.52. The molecular formula is C21H28N2O5S. The second kappa shape index (κ2) is 11.4. The van der Waals surface area contributed by atoms with E-state index in [-0.39, 0.29) is 17.4 Å². The number of carbonyl (C=O) groups is 1. The zero-order valence-corrected chi connectivity index (χ0v) is 17.6. The zero-order valence-electron chi connectivity index (χ0n) is 16.8. The summed E-state index contributed by atoms with van der Waals surface area (Å²) in [7, 11) is -1.90. The van der Waals surface area contributed by atoms with Crippen LogP contribution < -0.4 is 19.5 Å².